The van der Waals surface area contributed by atoms with Crippen LogP contribution in [0.2, 0.25) is 0 Å². The standard InChI is InChI=1S/C21H28N2O4/c1-14-5-7-16(8-6-14)12-27-17(24)11-23-18(25)21(22-19(23)26)10-15(2)9-20(3,4)13-21/h5-8,15H,9-13H2,1-4H3,(H,22,26)/t15-,21-/m1/s1. The van der Waals surface area contributed by atoms with E-state index in [1.54, 1.807) is 0 Å². The van der Waals surface area contributed by atoms with Crippen molar-refractivity contribution in [2.75, 3.05) is 6.54 Å². The lowest BCUT2D eigenvalue weighted by Crippen LogP contribution is -2.54. The van der Waals surface area contributed by atoms with Gasteiger partial charge in [-0.05, 0) is 43.1 Å². The fourth-order valence-electron chi connectivity index (χ4n) is 4.67. The minimum absolute atomic E-state index is 0.0391. The number of benzene rings is 1. The summed E-state index contributed by atoms with van der Waals surface area (Å²) in [5.74, 6) is -0.565. The molecule has 1 saturated carbocycles. The Morgan fingerprint density at radius 2 is 1.89 bits per heavy atom. The van der Waals surface area contributed by atoms with Gasteiger partial charge in [0.2, 0.25) is 0 Å². The number of nitrogens with one attached hydrogen (secondary N) is 1. The molecule has 1 N–H and O–H groups in total. The van der Waals surface area contributed by atoms with Crippen LogP contribution in [0.15, 0.2) is 24.3 Å². The van der Waals surface area contributed by atoms with Crippen LogP contribution < -0.4 is 5.32 Å². The van der Waals surface area contributed by atoms with E-state index in [2.05, 4.69) is 26.1 Å². The Bertz CT molecular complexity index is 756. The average molecular weight is 372 g/mol. The molecule has 1 aromatic rings. The molecule has 146 valence electrons. The molecule has 0 bridgehead atoms. The molecule has 1 aliphatic carbocycles. The van der Waals surface area contributed by atoms with Gasteiger partial charge in [-0.3, -0.25) is 14.5 Å². The highest BCUT2D eigenvalue weighted by Crippen LogP contribution is 2.46. The zero-order valence-electron chi connectivity index (χ0n) is 16.5. The molecule has 27 heavy (non-hydrogen) atoms. The first-order chi connectivity index (χ1) is 12.6. The molecule has 1 aromatic carbocycles. The molecule has 2 aliphatic rings. The molecule has 3 rings (SSSR count). The summed E-state index contributed by atoms with van der Waals surface area (Å²) in [6, 6.07) is 7.15. The number of imide groups is 1. The summed E-state index contributed by atoms with van der Waals surface area (Å²) in [4.78, 5) is 38.6. The zero-order chi connectivity index (χ0) is 19.8. The van der Waals surface area contributed by atoms with E-state index in [1.807, 2.05) is 31.2 Å². The maximum atomic E-state index is 13.0. The second kappa shape index (κ2) is 6.98. The van der Waals surface area contributed by atoms with E-state index in [-0.39, 0.29) is 24.5 Å². The van der Waals surface area contributed by atoms with Gasteiger partial charge in [0.05, 0.1) is 0 Å². The summed E-state index contributed by atoms with van der Waals surface area (Å²) in [5.41, 5.74) is 1.06. The maximum Gasteiger partial charge on any atom is 0.326 e. The summed E-state index contributed by atoms with van der Waals surface area (Å²) in [7, 11) is 0. The average Bonchev–Trinajstić information content (AvgIpc) is 2.76. The fraction of sp³-hybridized carbons (Fsp3) is 0.571. The third-order valence-electron chi connectivity index (χ3n) is 5.43. The van der Waals surface area contributed by atoms with E-state index in [0.717, 1.165) is 22.4 Å². The summed E-state index contributed by atoms with van der Waals surface area (Å²) in [6.45, 7) is 8.08. The summed E-state index contributed by atoms with van der Waals surface area (Å²) in [5, 5.41) is 2.87. The number of carbonyl (C=O) groups is 3. The summed E-state index contributed by atoms with van der Waals surface area (Å²) < 4.78 is 5.25. The molecule has 1 heterocycles. The molecule has 2 atom stereocenters. The lowest BCUT2D eigenvalue weighted by molar-refractivity contribution is -0.149. The molecule has 0 unspecified atom stereocenters. The molecule has 2 fully saturated rings. The van der Waals surface area contributed by atoms with Crippen molar-refractivity contribution in [2.24, 2.45) is 11.3 Å². The number of amides is 3. The molecule has 3 amide bonds. The third-order valence-corrected chi connectivity index (χ3v) is 5.43. The van der Waals surface area contributed by atoms with Gasteiger partial charge in [-0.1, -0.05) is 50.6 Å². The van der Waals surface area contributed by atoms with Gasteiger partial charge < -0.3 is 10.1 Å². The fourth-order valence-corrected chi connectivity index (χ4v) is 4.67. The van der Waals surface area contributed by atoms with Gasteiger partial charge >= 0.3 is 12.0 Å². The van der Waals surface area contributed by atoms with Crippen molar-refractivity contribution in [3.8, 4) is 0 Å². The first-order valence-corrected chi connectivity index (χ1v) is 9.46. The Hall–Kier alpha value is -2.37. The minimum atomic E-state index is -0.893. The monoisotopic (exact) mass is 372 g/mol. The van der Waals surface area contributed by atoms with E-state index in [4.69, 9.17) is 4.74 Å². The van der Waals surface area contributed by atoms with E-state index in [1.165, 1.54) is 0 Å². The number of nitrogens with zero attached hydrogens (tertiary/aromatic N) is 1. The van der Waals surface area contributed by atoms with Crippen LogP contribution in [0.3, 0.4) is 0 Å². The number of urea groups is 1. The highest BCUT2D eigenvalue weighted by atomic mass is 16.5. The van der Waals surface area contributed by atoms with Crippen LogP contribution >= 0.6 is 0 Å². The summed E-state index contributed by atoms with van der Waals surface area (Å²) >= 11 is 0. The van der Waals surface area contributed by atoms with E-state index < -0.39 is 17.5 Å². The first-order valence-electron chi connectivity index (χ1n) is 9.46. The predicted octanol–water partition coefficient (Wildman–Crippen LogP) is 3.18. The Morgan fingerprint density at radius 3 is 2.52 bits per heavy atom. The number of hydrogen-bond donors (Lipinski definition) is 1. The summed E-state index contributed by atoms with van der Waals surface area (Å²) in [6.07, 6.45) is 2.20. The highest BCUT2D eigenvalue weighted by Gasteiger charge is 2.56. The molecule has 1 spiro atoms. The van der Waals surface area contributed by atoms with Gasteiger partial charge in [0, 0.05) is 0 Å². The van der Waals surface area contributed by atoms with Crippen molar-refractivity contribution in [3.63, 3.8) is 0 Å². The topological polar surface area (TPSA) is 75.7 Å². The second-order valence-corrected chi connectivity index (χ2v) is 8.90. The van der Waals surface area contributed by atoms with Gasteiger partial charge in [0.15, 0.2) is 0 Å². The van der Waals surface area contributed by atoms with Crippen LogP contribution in [0.5, 0.6) is 0 Å². The van der Waals surface area contributed by atoms with Crippen molar-refractivity contribution in [3.05, 3.63) is 35.4 Å². The number of esters is 1. The van der Waals surface area contributed by atoms with E-state index in [9.17, 15) is 14.4 Å². The van der Waals surface area contributed by atoms with Crippen LogP contribution in [-0.4, -0.2) is 34.9 Å². The number of rotatable bonds is 4. The Labute approximate surface area is 160 Å². The van der Waals surface area contributed by atoms with Crippen LogP contribution in [0.25, 0.3) is 0 Å². The van der Waals surface area contributed by atoms with Crippen LogP contribution in [0.4, 0.5) is 4.79 Å². The highest BCUT2D eigenvalue weighted by molar-refractivity contribution is 6.08. The smallest absolute Gasteiger partial charge is 0.326 e. The molecule has 6 heteroatoms. The van der Waals surface area contributed by atoms with Crippen LogP contribution in [0.1, 0.15) is 51.2 Å². The van der Waals surface area contributed by atoms with Crippen molar-refractivity contribution >= 4 is 17.9 Å². The molecular formula is C21H28N2O4. The van der Waals surface area contributed by atoms with Crippen LogP contribution in [-0.2, 0) is 20.9 Å². The van der Waals surface area contributed by atoms with Crippen molar-refractivity contribution in [1.29, 1.82) is 0 Å². The second-order valence-electron chi connectivity index (χ2n) is 8.90. The zero-order valence-corrected chi connectivity index (χ0v) is 16.5. The van der Waals surface area contributed by atoms with Crippen molar-refractivity contribution in [1.82, 2.24) is 10.2 Å². The number of ether oxygens (including phenoxy) is 1. The number of hydrogen-bond acceptors (Lipinski definition) is 4. The van der Waals surface area contributed by atoms with E-state index in [0.29, 0.717) is 18.8 Å². The molecule has 1 aliphatic heterocycles. The number of aryl methyl sites for hydroxylation is 1. The predicted molar refractivity (Wildman–Crippen MR) is 101 cm³/mol. The van der Waals surface area contributed by atoms with Crippen molar-refractivity contribution in [2.45, 2.75) is 59.1 Å². The molecule has 0 aromatic heterocycles. The van der Waals surface area contributed by atoms with Gasteiger partial charge in [-0.15, -0.1) is 0 Å². The Kier molecular flexibility index (Phi) is 5.02. The molecule has 0 radical (unpaired) electrons. The normalized spacial score (nSPS) is 27.0. The van der Waals surface area contributed by atoms with Gasteiger partial charge in [0.1, 0.15) is 18.7 Å². The largest absolute Gasteiger partial charge is 0.459 e. The third kappa shape index (κ3) is 4.15. The Balaban J connectivity index is 1.63. The SMILES string of the molecule is Cc1ccc(COC(=O)CN2C(=O)N[C@@]3(C[C@H](C)CC(C)(C)C3)C2=O)cc1. The van der Waals surface area contributed by atoms with Crippen molar-refractivity contribution < 1.29 is 19.1 Å². The first kappa shape index (κ1) is 19.4. The van der Waals surface area contributed by atoms with E-state index >= 15 is 0 Å². The molecule has 6 nitrogen and oxygen atoms in total. The molecule has 1 saturated heterocycles. The minimum Gasteiger partial charge on any atom is -0.459 e. The number of carbonyl (C=O) groups excluding carboxylic acids is 3. The quantitative estimate of drug-likeness (QED) is 0.651. The van der Waals surface area contributed by atoms with Gasteiger partial charge in [-0.2, -0.15) is 0 Å². The molecular weight excluding hydrogens is 344 g/mol. The lowest BCUT2D eigenvalue weighted by Gasteiger charge is -2.43. The van der Waals surface area contributed by atoms with Gasteiger partial charge in [-0.25, -0.2) is 4.79 Å². The van der Waals surface area contributed by atoms with Crippen LogP contribution in [0, 0.1) is 18.3 Å². The maximum absolute atomic E-state index is 13.0. The van der Waals surface area contributed by atoms with Gasteiger partial charge in [0.25, 0.3) is 5.91 Å². The lowest BCUT2D eigenvalue weighted by atomic mass is 9.64. The Morgan fingerprint density at radius 1 is 1.22 bits per heavy atom.